The average molecular weight is 322 g/mol. The lowest BCUT2D eigenvalue weighted by molar-refractivity contribution is -0.457. The van der Waals surface area contributed by atoms with Gasteiger partial charge < -0.3 is 0 Å². The largest absolute Gasteiger partial charge is 0.282 e. The van der Waals surface area contributed by atoms with Crippen LogP contribution in [0.2, 0.25) is 0 Å². The number of hydrogen-bond donors (Lipinski definition) is 2. The van der Waals surface area contributed by atoms with Crippen LogP contribution < -0.4 is 0 Å². The van der Waals surface area contributed by atoms with E-state index in [1.165, 1.54) is 0 Å². The topological polar surface area (TPSA) is 133 Å². The predicted molar refractivity (Wildman–Crippen MR) is 49.4 cm³/mol. The summed E-state index contributed by atoms with van der Waals surface area (Å²) in [7, 11) is -2.48. The Labute approximate surface area is 95.0 Å². The maximum Gasteiger partial charge on any atom is 0.238 e. The molecule has 98 valence electrons. The highest BCUT2D eigenvalue weighted by Crippen LogP contribution is 2.31. The van der Waals surface area contributed by atoms with Gasteiger partial charge in [-0.3, -0.25) is 4.31 Å². The Morgan fingerprint density at radius 1 is 0.562 bits per heavy atom. The van der Waals surface area contributed by atoms with Crippen molar-refractivity contribution in [2.45, 2.75) is 0 Å². The van der Waals surface area contributed by atoms with Gasteiger partial charge in [0.25, 0.3) is 0 Å². The van der Waals surface area contributed by atoms with E-state index >= 15 is 0 Å². The van der Waals surface area contributed by atoms with Crippen LogP contribution in [-0.4, -0.2) is 10.5 Å². The fraction of sp³-hybridized carbons (Fsp3) is 0. The van der Waals surface area contributed by atoms with Gasteiger partial charge in [0, 0.05) is 0 Å². The highest BCUT2D eigenvalue weighted by atomic mass is 31.2. The predicted octanol–water partition coefficient (Wildman–Crippen LogP) is 1.71. The Morgan fingerprint density at radius 2 is 1.06 bits per heavy atom. The summed E-state index contributed by atoms with van der Waals surface area (Å²) in [4.78, 5) is 0. The van der Waals surface area contributed by atoms with E-state index < -0.39 is 36.1 Å². The van der Waals surface area contributed by atoms with E-state index in [1.807, 2.05) is 0 Å². The first-order valence-electron chi connectivity index (χ1n) is 2.83. The zero-order valence-corrected chi connectivity index (χ0v) is 11.0. The van der Waals surface area contributed by atoms with Gasteiger partial charge in [0.1, 0.15) is 0 Å². The standard InChI is InChI=1S/H6O12P4/c1-3-6-13-8-5-9-15-12-16-11-10-14-7-4-2/h1-2,13-16H. The molecule has 0 rings (SSSR count). The first kappa shape index (κ1) is 17.2. The van der Waals surface area contributed by atoms with Crippen LogP contribution in [0.15, 0.2) is 0 Å². The minimum atomic E-state index is -0.733. The summed E-state index contributed by atoms with van der Waals surface area (Å²) >= 11 is 0. The fourth-order valence-corrected chi connectivity index (χ4v) is 1.18. The summed E-state index contributed by atoms with van der Waals surface area (Å²) in [6, 6.07) is 0. The normalized spacial score (nSPS) is 13.9. The zero-order chi connectivity index (χ0) is 11.9. The van der Waals surface area contributed by atoms with Gasteiger partial charge >= 0.3 is 0 Å². The molecule has 0 aromatic rings. The summed E-state index contributed by atoms with van der Waals surface area (Å²) in [5.74, 6) is 0. The first-order valence-corrected chi connectivity index (χ1v) is 6.10. The van der Waals surface area contributed by atoms with Crippen LogP contribution in [0.1, 0.15) is 0 Å². The lowest BCUT2D eigenvalue weighted by Crippen LogP contribution is -1.82. The second-order valence-electron chi connectivity index (χ2n) is 1.15. The van der Waals surface area contributed by atoms with Crippen LogP contribution in [0.3, 0.4) is 0 Å². The molecule has 0 radical (unpaired) electrons. The second kappa shape index (κ2) is 16.2. The quantitative estimate of drug-likeness (QED) is 0.221. The number of rotatable bonds is 13. The van der Waals surface area contributed by atoms with E-state index in [-0.39, 0.29) is 0 Å². The van der Waals surface area contributed by atoms with Crippen LogP contribution in [0.5, 0.6) is 0 Å². The molecule has 0 saturated heterocycles. The van der Waals surface area contributed by atoms with Crippen LogP contribution in [-0.2, 0) is 47.5 Å². The highest BCUT2D eigenvalue weighted by molar-refractivity contribution is 7.40. The summed E-state index contributed by atoms with van der Waals surface area (Å²) in [5.41, 5.74) is 0. The van der Waals surface area contributed by atoms with Crippen molar-refractivity contribution in [2.24, 2.45) is 0 Å². The fourth-order valence-electron chi connectivity index (χ4n) is 0.188. The molecule has 4 atom stereocenters. The molecule has 0 aliphatic rings. The maximum absolute atomic E-state index is 7.66. The van der Waals surface area contributed by atoms with Gasteiger partial charge in [0.15, 0.2) is 9.03 Å². The summed E-state index contributed by atoms with van der Waals surface area (Å²) < 4.78 is 29.3. The molecule has 0 fully saturated rings. The average Bonchev–Trinajstić information content (AvgIpc) is 2.31. The van der Waals surface area contributed by atoms with Gasteiger partial charge in [-0.2, -0.15) is 28.0 Å². The third-order valence-electron chi connectivity index (χ3n) is 0.472. The van der Waals surface area contributed by atoms with Crippen LogP contribution in [0, 0.1) is 0 Å². The van der Waals surface area contributed by atoms with Crippen molar-refractivity contribution in [1.82, 2.24) is 0 Å². The van der Waals surface area contributed by atoms with E-state index in [4.69, 9.17) is 10.5 Å². The molecule has 0 amide bonds. The van der Waals surface area contributed by atoms with Gasteiger partial charge in [-0.1, -0.05) is 15.1 Å². The Morgan fingerprint density at radius 3 is 1.75 bits per heavy atom. The van der Waals surface area contributed by atoms with Gasteiger partial charge in [-0.25, -0.2) is 10.5 Å². The van der Waals surface area contributed by atoms with E-state index in [9.17, 15) is 0 Å². The highest BCUT2D eigenvalue weighted by Gasteiger charge is 1.95. The Hall–Kier alpha value is 1.24. The van der Waals surface area contributed by atoms with Crippen LogP contribution in [0.25, 0.3) is 0 Å². The SMILES string of the molecule is OOOPOOOPOPOOPOOO. The molecule has 0 spiro atoms. The van der Waals surface area contributed by atoms with Gasteiger partial charge in [-0.05, 0) is 0 Å². The summed E-state index contributed by atoms with van der Waals surface area (Å²) in [6.45, 7) is 0. The Kier molecular flexibility index (Phi) is 17.5. The molecule has 0 aromatic carbocycles. The Bertz CT molecular complexity index is 106. The molecule has 0 aliphatic carbocycles. The third kappa shape index (κ3) is 15.2. The number of hydrogen-bond acceptors (Lipinski definition) is 12. The minimum Gasteiger partial charge on any atom is -0.282 e. The molecule has 4 unspecified atom stereocenters. The summed E-state index contributed by atoms with van der Waals surface area (Å²) in [5, 5.41) is 25.7. The lowest BCUT2D eigenvalue weighted by atomic mass is 14.5. The second-order valence-corrected chi connectivity index (χ2v) is 3.64. The molecular formula is H6O12P4. The monoisotopic (exact) mass is 322 g/mol. The van der Waals surface area contributed by atoms with Crippen molar-refractivity contribution >= 4 is 36.1 Å². The van der Waals surface area contributed by atoms with Crippen molar-refractivity contribution in [1.29, 1.82) is 0 Å². The maximum atomic E-state index is 7.66. The van der Waals surface area contributed by atoms with E-state index in [0.29, 0.717) is 0 Å². The van der Waals surface area contributed by atoms with Crippen molar-refractivity contribution in [3.05, 3.63) is 0 Å². The zero-order valence-electron chi connectivity index (χ0n) is 6.98. The van der Waals surface area contributed by atoms with E-state index in [0.717, 1.165) is 0 Å². The molecule has 12 nitrogen and oxygen atoms in total. The lowest BCUT2D eigenvalue weighted by Gasteiger charge is -2.02. The molecule has 0 aromatic heterocycles. The Balaban J connectivity index is 2.83. The molecule has 0 bridgehead atoms. The smallest absolute Gasteiger partial charge is 0.238 e. The van der Waals surface area contributed by atoms with Crippen LogP contribution >= 0.6 is 36.1 Å². The van der Waals surface area contributed by atoms with Gasteiger partial charge in [-0.15, -0.1) is 0 Å². The van der Waals surface area contributed by atoms with E-state index in [1.54, 1.807) is 0 Å². The van der Waals surface area contributed by atoms with Crippen molar-refractivity contribution in [3.63, 3.8) is 0 Å². The molecule has 0 saturated carbocycles. The molecule has 16 heteroatoms. The van der Waals surface area contributed by atoms with Gasteiger partial charge in [0.2, 0.25) is 27.1 Å². The van der Waals surface area contributed by atoms with Crippen molar-refractivity contribution in [2.75, 3.05) is 0 Å². The minimum absolute atomic E-state index is 0.519. The molecule has 0 aliphatic heterocycles. The third-order valence-corrected chi connectivity index (χ3v) is 2.17. The molecule has 2 N–H and O–H groups in total. The van der Waals surface area contributed by atoms with Crippen LogP contribution in [0.4, 0.5) is 0 Å². The molecular weight excluding hydrogens is 316 g/mol. The van der Waals surface area contributed by atoms with E-state index in [2.05, 4.69) is 47.5 Å². The van der Waals surface area contributed by atoms with Gasteiger partial charge in [0.05, 0.1) is 0 Å². The van der Waals surface area contributed by atoms with Crippen molar-refractivity contribution in [3.8, 4) is 0 Å². The molecule has 0 heterocycles. The summed E-state index contributed by atoms with van der Waals surface area (Å²) in [6.07, 6.45) is 0. The molecule has 16 heavy (non-hydrogen) atoms. The first-order chi connectivity index (χ1) is 7.91. The van der Waals surface area contributed by atoms with Crippen molar-refractivity contribution < 1.29 is 58.0 Å².